The van der Waals surface area contributed by atoms with Gasteiger partial charge in [0.05, 0.1) is 12.2 Å². The van der Waals surface area contributed by atoms with Crippen LogP contribution in [0, 0.1) is 17.5 Å². The van der Waals surface area contributed by atoms with Crippen molar-refractivity contribution in [1.29, 1.82) is 0 Å². The molecule has 0 heterocycles. The van der Waals surface area contributed by atoms with Gasteiger partial charge in [-0.15, -0.1) is 0 Å². The van der Waals surface area contributed by atoms with Crippen molar-refractivity contribution >= 4 is 17.6 Å². The third kappa shape index (κ3) is 3.94. The summed E-state index contributed by atoms with van der Waals surface area (Å²) in [6.45, 7) is 2.59. The largest absolute Gasteiger partial charge is 0.480 e. The van der Waals surface area contributed by atoms with Crippen LogP contribution >= 0.6 is 0 Å². The maximum Gasteiger partial charge on any atom is 0.323 e. The van der Waals surface area contributed by atoms with E-state index in [1.807, 2.05) is 5.32 Å². The molecule has 1 atom stereocenters. The topological polar surface area (TPSA) is 78.4 Å². The van der Waals surface area contributed by atoms with Gasteiger partial charge >= 0.3 is 5.97 Å². The Morgan fingerprint density at radius 3 is 2.38 bits per heavy atom. The van der Waals surface area contributed by atoms with Crippen LogP contribution in [0.15, 0.2) is 12.1 Å². The van der Waals surface area contributed by atoms with E-state index in [1.54, 1.807) is 6.92 Å². The van der Waals surface area contributed by atoms with Crippen molar-refractivity contribution in [3.63, 3.8) is 0 Å². The zero-order chi connectivity index (χ0) is 16.2. The van der Waals surface area contributed by atoms with Gasteiger partial charge in [0.15, 0.2) is 17.5 Å². The van der Waals surface area contributed by atoms with E-state index in [2.05, 4.69) is 5.32 Å². The van der Waals surface area contributed by atoms with Gasteiger partial charge in [-0.1, -0.05) is 6.92 Å². The lowest BCUT2D eigenvalue weighted by Gasteiger charge is -2.24. The van der Waals surface area contributed by atoms with E-state index >= 15 is 0 Å². The average Bonchev–Trinajstić information content (AvgIpc) is 2.45. The summed E-state index contributed by atoms with van der Waals surface area (Å²) < 4.78 is 39.1. The summed E-state index contributed by atoms with van der Waals surface area (Å²) >= 11 is 0. The van der Waals surface area contributed by atoms with Crippen LogP contribution in [0.5, 0.6) is 0 Å². The fourth-order valence-corrected chi connectivity index (χ4v) is 1.44. The van der Waals surface area contributed by atoms with Gasteiger partial charge in [0.1, 0.15) is 5.54 Å². The second-order valence-corrected chi connectivity index (χ2v) is 4.62. The molecule has 0 saturated carbocycles. The predicted molar refractivity (Wildman–Crippen MR) is 69.3 cm³/mol. The number of carbonyl (C=O) groups excluding carboxylic acids is 1. The number of carbonyl (C=O) groups is 2. The summed E-state index contributed by atoms with van der Waals surface area (Å²) in [5.41, 5.74) is -1.83. The molecule has 0 aliphatic heterocycles. The second kappa shape index (κ2) is 6.57. The first-order valence-corrected chi connectivity index (χ1v) is 6.13. The molecule has 0 radical (unpaired) electrons. The van der Waals surface area contributed by atoms with Gasteiger partial charge in [-0.05, 0) is 25.5 Å². The van der Waals surface area contributed by atoms with Crippen LogP contribution in [0.3, 0.4) is 0 Å². The average molecular weight is 304 g/mol. The maximum absolute atomic E-state index is 13.3. The molecule has 1 rings (SSSR count). The summed E-state index contributed by atoms with van der Waals surface area (Å²) in [5.74, 6) is -6.49. The number of hydrogen-bond acceptors (Lipinski definition) is 3. The highest BCUT2D eigenvalue weighted by atomic mass is 19.2. The van der Waals surface area contributed by atoms with E-state index < -0.39 is 47.1 Å². The van der Waals surface area contributed by atoms with Gasteiger partial charge in [-0.3, -0.25) is 14.9 Å². The van der Waals surface area contributed by atoms with E-state index in [1.165, 1.54) is 6.92 Å². The van der Waals surface area contributed by atoms with Crippen molar-refractivity contribution in [3.8, 4) is 0 Å². The molecule has 1 unspecified atom stereocenters. The van der Waals surface area contributed by atoms with Gasteiger partial charge in [0, 0.05) is 0 Å². The van der Waals surface area contributed by atoms with Crippen LogP contribution in [0.2, 0.25) is 0 Å². The Morgan fingerprint density at radius 2 is 1.86 bits per heavy atom. The van der Waals surface area contributed by atoms with E-state index in [0.717, 1.165) is 6.07 Å². The van der Waals surface area contributed by atoms with Crippen molar-refractivity contribution < 1.29 is 27.9 Å². The monoisotopic (exact) mass is 304 g/mol. The second-order valence-electron chi connectivity index (χ2n) is 4.62. The first kappa shape index (κ1) is 17.0. The SMILES string of the molecule is CCC(C)(NCC(=O)Nc1ccc(F)c(F)c1F)C(=O)O. The minimum Gasteiger partial charge on any atom is -0.480 e. The number of halogens is 3. The lowest BCUT2D eigenvalue weighted by atomic mass is 9.99. The van der Waals surface area contributed by atoms with Gasteiger partial charge < -0.3 is 10.4 Å². The van der Waals surface area contributed by atoms with Crippen molar-refractivity contribution in [2.45, 2.75) is 25.8 Å². The summed E-state index contributed by atoms with van der Waals surface area (Å²) in [6.07, 6.45) is 0.217. The first-order chi connectivity index (χ1) is 9.71. The molecule has 0 spiro atoms. The zero-order valence-electron chi connectivity index (χ0n) is 11.5. The maximum atomic E-state index is 13.3. The molecule has 0 aliphatic carbocycles. The van der Waals surface area contributed by atoms with Crippen molar-refractivity contribution in [3.05, 3.63) is 29.6 Å². The molecule has 8 heteroatoms. The quantitative estimate of drug-likeness (QED) is 0.701. The number of benzene rings is 1. The summed E-state index contributed by atoms with van der Waals surface area (Å²) in [7, 11) is 0. The molecule has 21 heavy (non-hydrogen) atoms. The fourth-order valence-electron chi connectivity index (χ4n) is 1.44. The van der Waals surface area contributed by atoms with E-state index in [-0.39, 0.29) is 6.42 Å². The lowest BCUT2D eigenvalue weighted by Crippen LogP contribution is -2.51. The van der Waals surface area contributed by atoms with E-state index in [0.29, 0.717) is 6.07 Å². The molecule has 0 bridgehead atoms. The summed E-state index contributed by atoms with van der Waals surface area (Å²) in [6, 6.07) is 1.55. The van der Waals surface area contributed by atoms with Gasteiger partial charge in [0.25, 0.3) is 0 Å². The molecule has 0 aliphatic rings. The Hall–Kier alpha value is -2.09. The molecule has 3 N–H and O–H groups in total. The predicted octanol–water partition coefficient (Wildman–Crippen LogP) is 1.89. The van der Waals surface area contributed by atoms with Crippen LogP contribution < -0.4 is 10.6 Å². The molecule has 0 saturated heterocycles. The smallest absolute Gasteiger partial charge is 0.323 e. The lowest BCUT2D eigenvalue weighted by molar-refractivity contribution is -0.144. The van der Waals surface area contributed by atoms with Crippen LogP contribution in [0.25, 0.3) is 0 Å². The Bertz CT molecular complexity index is 566. The minimum atomic E-state index is -1.69. The molecule has 0 aromatic heterocycles. The van der Waals surface area contributed by atoms with Crippen LogP contribution in [0.1, 0.15) is 20.3 Å². The Kier molecular flexibility index (Phi) is 5.31. The molecule has 1 amide bonds. The number of aliphatic carboxylic acids is 1. The fraction of sp³-hybridized carbons (Fsp3) is 0.385. The number of anilines is 1. The van der Waals surface area contributed by atoms with Crippen LogP contribution in [-0.2, 0) is 9.59 Å². The van der Waals surface area contributed by atoms with E-state index in [4.69, 9.17) is 5.11 Å². The molecule has 1 aromatic rings. The highest BCUT2D eigenvalue weighted by Gasteiger charge is 2.31. The van der Waals surface area contributed by atoms with E-state index in [9.17, 15) is 22.8 Å². The third-order valence-electron chi connectivity index (χ3n) is 3.13. The molecular weight excluding hydrogens is 289 g/mol. The molecule has 1 aromatic carbocycles. The summed E-state index contributed by atoms with van der Waals surface area (Å²) in [4.78, 5) is 22.6. The highest BCUT2D eigenvalue weighted by molar-refractivity contribution is 5.93. The first-order valence-electron chi connectivity index (χ1n) is 6.13. The minimum absolute atomic E-state index is 0.217. The zero-order valence-corrected chi connectivity index (χ0v) is 11.5. The number of amides is 1. The Morgan fingerprint density at radius 1 is 1.24 bits per heavy atom. The van der Waals surface area contributed by atoms with Crippen LogP contribution in [0.4, 0.5) is 18.9 Å². The Balaban J connectivity index is 2.71. The number of nitrogens with one attached hydrogen (secondary N) is 2. The highest BCUT2D eigenvalue weighted by Crippen LogP contribution is 2.19. The van der Waals surface area contributed by atoms with Crippen molar-refractivity contribution in [1.82, 2.24) is 5.32 Å². The van der Waals surface area contributed by atoms with Crippen LogP contribution in [-0.4, -0.2) is 29.1 Å². The molecule has 116 valence electrons. The number of carboxylic acids is 1. The molecule has 0 fully saturated rings. The molecular formula is C13H15F3N2O3. The third-order valence-corrected chi connectivity index (χ3v) is 3.13. The summed E-state index contributed by atoms with van der Waals surface area (Å²) in [5, 5.41) is 13.5. The number of hydrogen-bond donors (Lipinski definition) is 3. The number of rotatable bonds is 6. The Labute approximate surface area is 119 Å². The van der Waals surface area contributed by atoms with Crippen molar-refractivity contribution in [2.75, 3.05) is 11.9 Å². The standard InChI is InChI=1S/C13H15F3N2O3/c1-3-13(2,12(20)21)17-6-9(19)18-8-5-4-7(14)10(15)11(8)16/h4-5,17H,3,6H2,1-2H3,(H,18,19)(H,20,21). The van der Waals surface area contributed by atoms with Gasteiger partial charge in [-0.25, -0.2) is 13.2 Å². The van der Waals surface area contributed by atoms with Gasteiger partial charge in [0.2, 0.25) is 5.91 Å². The normalized spacial score (nSPS) is 13.6. The van der Waals surface area contributed by atoms with Gasteiger partial charge in [-0.2, -0.15) is 0 Å². The van der Waals surface area contributed by atoms with Crippen molar-refractivity contribution in [2.24, 2.45) is 0 Å². The molecule has 5 nitrogen and oxygen atoms in total. The number of carboxylic acid groups (broad SMARTS) is 1.